The summed E-state index contributed by atoms with van der Waals surface area (Å²) < 4.78 is 49.0. The van der Waals surface area contributed by atoms with Gasteiger partial charge in [-0.1, -0.05) is 6.92 Å². The molecule has 94 valence electrons. The molecule has 17 heavy (non-hydrogen) atoms. The Kier molecular flexibility index (Phi) is 4.13. The molecule has 0 spiro atoms. The maximum Gasteiger partial charge on any atom is 0.260 e. The fourth-order valence-electron chi connectivity index (χ4n) is 0.951. The molecule has 1 amide bonds. The van der Waals surface area contributed by atoms with Gasteiger partial charge in [0.15, 0.2) is 0 Å². The van der Waals surface area contributed by atoms with Crippen LogP contribution >= 0.6 is 0 Å². The zero-order valence-electron chi connectivity index (χ0n) is 8.83. The minimum absolute atomic E-state index is 0.0498. The molecule has 0 atom stereocenters. The average Bonchev–Trinajstić information content (AvgIpc) is 2.29. The smallest absolute Gasteiger partial charge is 0.260 e. The highest BCUT2D eigenvalue weighted by Crippen LogP contribution is 2.14. The lowest BCUT2D eigenvalue weighted by Crippen LogP contribution is -2.41. The predicted octanol–water partition coefficient (Wildman–Crippen LogP) is 0.684. The van der Waals surface area contributed by atoms with E-state index in [-0.39, 0.29) is 6.42 Å². The Morgan fingerprint density at radius 2 is 2.00 bits per heavy atom. The first-order valence-corrected chi connectivity index (χ1v) is 6.11. The van der Waals surface area contributed by atoms with Crippen LogP contribution in [0.25, 0.3) is 0 Å². The second-order valence-electron chi connectivity index (χ2n) is 3.08. The molecule has 0 unspecified atom stereocenters. The van der Waals surface area contributed by atoms with Crippen LogP contribution in [-0.4, -0.2) is 14.3 Å². The molecule has 0 saturated heterocycles. The van der Waals surface area contributed by atoms with Crippen LogP contribution in [-0.2, 0) is 14.8 Å². The number of rotatable bonds is 4. The minimum Gasteiger partial charge on any atom is -0.278 e. The van der Waals surface area contributed by atoms with E-state index in [1.807, 2.05) is 5.43 Å². The third kappa shape index (κ3) is 3.46. The number of carbonyl (C=O) groups excluding carboxylic acids is 1. The van der Waals surface area contributed by atoms with Crippen molar-refractivity contribution >= 4 is 15.9 Å². The number of halogens is 2. The van der Waals surface area contributed by atoms with E-state index in [9.17, 15) is 22.0 Å². The Morgan fingerprint density at radius 3 is 2.59 bits per heavy atom. The van der Waals surface area contributed by atoms with Gasteiger partial charge in [-0.15, -0.1) is 4.83 Å². The molecule has 0 aliphatic heterocycles. The molecule has 1 aromatic rings. The Morgan fingerprint density at radius 1 is 1.35 bits per heavy atom. The highest BCUT2D eigenvalue weighted by atomic mass is 32.2. The molecule has 0 aromatic heterocycles. The lowest BCUT2D eigenvalue weighted by atomic mass is 10.3. The van der Waals surface area contributed by atoms with Crippen LogP contribution < -0.4 is 10.3 Å². The van der Waals surface area contributed by atoms with E-state index < -0.39 is 32.5 Å². The Hall–Kier alpha value is -1.54. The van der Waals surface area contributed by atoms with Crippen LogP contribution in [0.2, 0.25) is 0 Å². The van der Waals surface area contributed by atoms with Gasteiger partial charge in [0.25, 0.3) is 10.0 Å². The summed E-state index contributed by atoms with van der Waals surface area (Å²) in [6, 6.07) is 2.00. The summed E-state index contributed by atoms with van der Waals surface area (Å²) >= 11 is 0. The van der Waals surface area contributed by atoms with Crippen molar-refractivity contribution in [1.82, 2.24) is 10.3 Å². The summed E-state index contributed by atoms with van der Waals surface area (Å²) in [4.78, 5) is 11.6. The van der Waals surface area contributed by atoms with Gasteiger partial charge in [0.1, 0.15) is 16.5 Å². The number of carbonyl (C=O) groups is 1. The standard InChI is InChI=1S/C9H10F2N2O3S/c1-2-9(14)12-13-17(15,16)8-5-6(10)3-4-7(8)11/h3-5,13H,2H2,1H3,(H,12,14). The topological polar surface area (TPSA) is 75.3 Å². The Bertz CT molecular complexity index is 531. The second kappa shape index (κ2) is 5.19. The van der Waals surface area contributed by atoms with E-state index >= 15 is 0 Å². The predicted molar refractivity (Wildman–Crippen MR) is 55.1 cm³/mol. The summed E-state index contributed by atoms with van der Waals surface area (Å²) in [5.41, 5.74) is 1.85. The van der Waals surface area contributed by atoms with Crippen molar-refractivity contribution in [1.29, 1.82) is 0 Å². The quantitative estimate of drug-likeness (QED) is 0.785. The largest absolute Gasteiger partial charge is 0.278 e. The van der Waals surface area contributed by atoms with Crippen LogP contribution in [0.1, 0.15) is 13.3 Å². The molecule has 0 fully saturated rings. The molecule has 8 heteroatoms. The number of hydrogen-bond acceptors (Lipinski definition) is 3. The zero-order valence-corrected chi connectivity index (χ0v) is 9.64. The minimum atomic E-state index is -4.32. The second-order valence-corrected chi connectivity index (χ2v) is 4.73. The van der Waals surface area contributed by atoms with Gasteiger partial charge in [0.2, 0.25) is 5.91 Å². The van der Waals surface area contributed by atoms with Crippen LogP contribution in [0.15, 0.2) is 23.1 Å². The van der Waals surface area contributed by atoms with E-state index in [0.29, 0.717) is 12.1 Å². The number of sulfonamides is 1. The molecule has 0 aliphatic carbocycles. The fraction of sp³-hybridized carbons (Fsp3) is 0.222. The van der Waals surface area contributed by atoms with E-state index in [2.05, 4.69) is 0 Å². The van der Waals surface area contributed by atoms with Crippen molar-refractivity contribution < 1.29 is 22.0 Å². The summed E-state index contributed by atoms with van der Waals surface area (Å²) in [6.07, 6.45) is 0.0498. The molecule has 0 saturated carbocycles. The van der Waals surface area contributed by atoms with Crippen molar-refractivity contribution in [2.24, 2.45) is 0 Å². The monoisotopic (exact) mass is 264 g/mol. The lowest BCUT2D eigenvalue weighted by molar-refractivity contribution is -0.121. The van der Waals surface area contributed by atoms with Crippen molar-refractivity contribution in [3.63, 3.8) is 0 Å². The maximum atomic E-state index is 13.2. The maximum absolute atomic E-state index is 13.2. The first-order valence-electron chi connectivity index (χ1n) is 4.62. The summed E-state index contributed by atoms with van der Waals surface area (Å²) in [6.45, 7) is 1.51. The normalized spacial score (nSPS) is 11.2. The van der Waals surface area contributed by atoms with Crippen LogP contribution in [0, 0.1) is 11.6 Å². The first-order chi connectivity index (χ1) is 7.86. The number of hydrazine groups is 1. The van der Waals surface area contributed by atoms with Crippen LogP contribution in [0.3, 0.4) is 0 Å². The Labute approximate surface area is 96.8 Å². The van der Waals surface area contributed by atoms with Gasteiger partial charge in [-0.25, -0.2) is 17.2 Å². The fourth-order valence-corrected chi connectivity index (χ4v) is 1.90. The number of amides is 1. The third-order valence-electron chi connectivity index (χ3n) is 1.83. The van der Waals surface area contributed by atoms with Crippen molar-refractivity contribution in [3.05, 3.63) is 29.8 Å². The molecular formula is C9H10F2N2O3S. The van der Waals surface area contributed by atoms with Crippen molar-refractivity contribution in [2.75, 3.05) is 0 Å². The number of nitrogens with one attached hydrogen (secondary N) is 2. The van der Waals surface area contributed by atoms with E-state index in [1.54, 1.807) is 4.83 Å². The van der Waals surface area contributed by atoms with E-state index in [1.165, 1.54) is 6.92 Å². The van der Waals surface area contributed by atoms with E-state index in [4.69, 9.17) is 0 Å². The SMILES string of the molecule is CCC(=O)NNS(=O)(=O)c1cc(F)ccc1F. The highest BCUT2D eigenvalue weighted by molar-refractivity contribution is 7.89. The summed E-state index contributed by atoms with van der Waals surface area (Å²) in [7, 11) is -4.32. The summed E-state index contributed by atoms with van der Waals surface area (Å²) in [5.74, 6) is -2.59. The molecule has 0 heterocycles. The molecule has 0 aliphatic rings. The van der Waals surface area contributed by atoms with Crippen molar-refractivity contribution in [3.8, 4) is 0 Å². The van der Waals surface area contributed by atoms with Gasteiger partial charge in [0.05, 0.1) is 0 Å². The van der Waals surface area contributed by atoms with E-state index in [0.717, 1.165) is 6.07 Å². The molecule has 5 nitrogen and oxygen atoms in total. The number of hydrogen-bond donors (Lipinski definition) is 2. The molecule has 1 rings (SSSR count). The highest BCUT2D eigenvalue weighted by Gasteiger charge is 2.20. The van der Waals surface area contributed by atoms with Crippen LogP contribution in [0.4, 0.5) is 8.78 Å². The van der Waals surface area contributed by atoms with Gasteiger partial charge in [0, 0.05) is 6.42 Å². The Balaban J connectivity index is 2.97. The average molecular weight is 264 g/mol. The molecule has 0 bridgehead atoms. The van der Waals surface area contributed by atoms with Gasteiger partial charge < -0.3 is 0 Å². The van der Waals surface area contributed by atoms with Crippen LogP contribution in [0.5, 0.6) is 0 Å². The molecule has 2 N–H and O–H groups in total. The lowest BCUT2D eigenvalue weighted by Gasteiger charge is -2.08. The van der Waals surface area contributed by atoms with Gasteiger partial charge >= 0.3 is 0 Å². The number of benzene rings is 1. The molecular weight excluding hydrogens is 254 g/mol. The molecule has 0 radical (unpaired) electrons. The van der Waals surface area contributed by atoms with Gasteiger partial charge in [-0.2, -0.15) is 0 Å². The molecule has 1 aromatic carbocycles. The summed E-state index contributed by atoms with van der Waals surface area (Å²) in [5, 5.41) is 0. The third-order valence-corrected chi connectivity index (χ3v) is 3.09. The van der Waals surface area contributed by atoms with Gasteiger partial charge in [-0.3, -0.25) is 10.2 Å². The zero-order chi connectivity index (χ0) is 13.1. The van der Waals surface area contributed by atoms with Crippen molar-refractivity contribution in [2.45, 2.75) is 18.2 Å². The first kappa shape index (κ1) is 13.5. The van der Waals surface area contributed by atoms with Gasteiger partial charge in [-0.05, 0) is 18.2 Å².